The number of nitrogens with zero attached hydrogens (tertiary/aromatic N) is 4. The Labute approximate surface area is 242 Å². The SMILES string of the molecule is COc1cc(C(=O)N2CCC(O)C(NC(=O)OC(C)(C)C)C2)cc2nc(-c3cc4ccsc4n3CC3CC3)n(C)c12. The summed E-state index contributed by atoms with van der Waals surface area (Å²) in [7, 11) is 3.58. The average molecular weight is 580 g/mol. The molecule has 1 saturated carbocycles. The first-order valence-corrected chi connectivity index (χ1v) is 15.0. The fourth-order valence-corrected chi connectivity index (χ4v) is 6.53. The van der Waals surface area contributed by atoms with Crippen LogP contribution in [0.5, 0.6) is 5.75 Å². The van der Waals surface area contributed by atoms with Crippen molar-refractivity contribution in [3.63, 3.8) is 0 Å². The summed E-state index contributed by atoms with van der Waals surface area (Å²) in [5.74, 6) is 1.89. The third-order valence-electron chi connectivity index (χ3n) is 7.84. The molecular formula is C30H37N5O5S. The highest BCUT2D eigenvalue weighted by atomic mass is 32.1. The molecule has 218 valence electrons. The van der Waals surface area contributed by atoms with Gasteiger partial charge in [0, 0.05) is 37.6 Å². The standard InChI is InChI=1S/C30H37N5O5S/c1-30(2,3)40-29(38)32-21-16-34(10-8-23(21)36)27(37)19-12-20-25(24(14-19)39-5)33(4)26(31-20)22-13-18-9-11-41-28(18)35(22)15-17-6-7-17/h9,11-14,17,21,23,36H,6-8,10,15-16H2,1-5H3,(H,32,38). The van der Waals surface area contributed by atoms with E-state index in [1.54, 1.807) is 50.2 Å². The predicted molar refractivity (Wildman–Crippen MR) is 158 cm³/mol. The van der Waals surface area contributed by atoms with Crippen molar-refractivity contribution in [1.82, 2.24) is 24.3 Å². The van der Waals surface area contributed by atoms with Crippen molar-refractivity contribution in [2.45, 2.75) is 64.3 Å². The number of amides is 2. The molecule has 1 saturated heterocycles. The number of aryl methyl sites for hydroxylation is 1. The predicted octanol–water partition coefficient (Wildman–Crippen LogP) is 4.78. The highest BCUT2D eigenvalue weighted by molar-refractivity contribution is 7.16. The number of benzene rings is 1. The maximum absolute atomic E-state index is 13.7. The Hall–Kier alpha value is -3.57. The number of thiophene rings is 1. The van der Waals surface area contributed by atoms with Crippen LogP contribution in [0, 0.1) is 5.92 Å². The van der Waals surface area contributed by atoms with Crippen molar-refractivity contribution < 1.29 is 24.2 Å². The number of nitrogens with one attached hydrogen (secondary N) is 1. The number of aromatic nitrogens is 3. The lowest BCUT2D eigenvalue weighted by Gasteiger charge is -2.36. The number of aliphatic hydroxyl groups is 1. The number of aliphatic hydroxyl groups excluding tert-OH is 1. The van der Waals surface area contributed by atoms with Gasteiger partial charge in [-0.05, 0) is 75.6 Å². The summed E-state index contributed by atoms with van der Waals surface area (Å²) in [6.07, 6.45) is 1.46. The van der Waals surface area contributed by atoms with Gasteiger partial charge in [-0.25, -0.2) is 9.78 Å². The Bertz CT molecular complexity index is 1630. The Balaban J connectivity index is 1.30. The van der Waals surface area contributed by atoms with Gasteiger partial charge in [-0.1, -0.05) is 0 Å². The molecule has 11 heteroatoms. The molecule has 2 aliphatic rings. The van der Waals surface area contributed by atoms with E-state index in [1.165, 1.54) is 23.1 Å². The zero-order valence-corrected chi connectivity index (χ0v) is 25.0. The number of piperidine rings is 1. The number of hydrogen-bond acceptors (Lipinski definition) is 7. The Morgan fingerprint density at radius 2 is 1.98 bits per heavy atom. The molecule has 2 atom stereocenters. The third kappa shape index (κ3) is 5.40. The largest absolute Gasteiger partial charge is 0.494 e. The molecule has 10 nitrogen and oxygen atoms in total. The Kier molecular flexibility index (Phi) is 6.97. The smallest absolute Gasteiger partial charge is 0.408 e. The summed E-state index contributed by atoms with van der Waals surface area (Å²) < 4.78 is 15.6. The molecule has 3 aromatic heterocycles. The van der Waals surface area contributed by atoms with Crippen LogP contribution in [0.4, 0.5) is 4.79 Å². The summed E-state index contributed by atoms with van der Waals surface area (Å²) in [6.45, 7) is 6.84. The lowest BCUT2D eigenvalue weighted by Crippen LogP contribution is -2.57. The third-order valence-corrected chi connectivity index (χ3v) is 8.79. The minimum Gasteiger partial charge on any atom is -0.494 e. The molecule has 2 amide bonds. The molecule has 2 fully saturated rings. The van der Waals surface area contributed by atoms with Gasteiger partial charge in [-0.15, -0.1) is 11.3 Å². The number of ether oxygens (including phenoxy) is 2. The first-order valence-electron chi connectivity index (χ1n) is 14.1. The van der Waals surface area contributed by atoms with Gasteiger partial charge >= 0.3 is 6.09 Å². The van der Waals surface area contributed by atoms with Gasteiger partial charge in [0.1, 0.15) is 21.7 Å². The van der Waals surface area contributed by atoms with E-state index in [0.29, 0.717) is 35.7 Å². The number of carbonyl (C=O) groups excluding carboxylic acids is 2. The van der Waals surface area contributed by atoms with Gasteiger partial charge in [0.05, 0.1) is 30.5 Å². The minimum absolute atomic E-state index is 0.165. The van der Waals surface area contributed by atoms with Gasteiger partial charge in [0.2, 0.25) is 0 Å². The fourth-order valence-electron chi connectivity index (χ4n) is 5.63. The van der Waals surface area contributed by atoms with E-state index in [1.807, 2.05) is 17.7 Å². The number of likely N-dealkylation sites (tertiary alicyclic amines) is 1. The van der Waals surface area contributed by atoms with Crippen LogP contribution in [0.15, 0.2) is 29.6 Å². The average Bonchev–Trinajstić information content (AvgIpc) is 3.36. The van der Waals surface area contributed by atoms with E-state index in [2.05, 4.69) is 27.4 Å². The summed E-state index contributed by atoms with van der Waals surface area (Å²) in [5, 5.41) is 16.6. The molecule has 0 spiro atoms. The number of carbonyl (C=O) groups is 2. The number of alkyl carbamates (subject to hydrolysis) is 1. The highest BCUT2D eigenvalue weighted by Gasteiger charge is 2.34. The maximum Gasteiger partial charge on any atom is 0.408 e. The second-order valence-corrected chi connectivity index (χ2v) is 13.1. The number of hydrogen-bond donors (Lipinski definition) is 2. The molecule has 2 N–H and O–H groups in total. The molecule has 4 aromatic rings. The second-order valence-electron chi connectivity index (χ2n) is 12.2. The number of rotatable bonds is 6. The molecule has 0 bridgehead atoms. The normalized spacial score (nSPS) is 19.6. The summed E-state index contributed by atoms with van der Waals surface area (Å²) in [6, 6.07) is 7.27. The quantitative estimate of drug-likeness (QED) is 0.340. The van der Waals surface area contributed by atoms with Gasteiger partial charge in [0.15, 0.2) is 5.82 Å². The van der Waals surface area contributed by atoms with Gasteiger partial charge in [0.25, 0.3) is 5.91 Å². The van der Waals surface area contributed by atoms with Crippen molar-refractivity contribution in [3.8, 4) is 17.3 Å². The molecule has 41 heavy (non-hydrogen) atoms. The van der Waals surface area contributed by atoms with Gasteiger partial charge in [-0.3, -0.25) is 4.79 Å². The van der Waals surface area contributed by atoms with Gasteiger partial charge in [-0.2, -0.15) is 0 Å². The molecule has 1 aliphatic heterocycles. The summed E-state index contributed by atoms with van der Waals surface area (Å²) in [5.41, 5.74) is 2.34. The molecule has 0 radical (unpaired) electrons. The monoisotopic (exact) mass is 579 g/mol. The van der Waals surface area contributed by atoms with E-state index < -0.39 is 23.8 Å². The van der Waals surface area contributed by atoms with Crippen molar-refractivity contribution in [2.75, 3.05) is 20.2 Å². The molecule has 2 unspecified atom stereocenters. The van der Waals surface area contributed by atoms with Crippen molar-refractivity contribution in [3.05, 3.63) is 35.2 Å². The van der Waals surface area contributed by atoms with Crippen molar-refractivity contribution >= 4 is 44.6 Å². The van der Waals surface area contributed by atoms with E-state index in [0.717, 1.165) is 23.6 Å². The van der Waals surface area contributed by atoms with Crippen molar-refractivity contribution in [1.29, 1.82) is 0 Å². The topological polar surface area (TPSA) is 111 Å². The molecule has 1 aliphatic carbocycles. The minimum atomic E-state index is -0.775. The Morgan fingerprint density at radius 1 is 1.20 bits per heavy atom. The number of methoxy groups -OCH3 is 1. The zero-order valence-electron chi connectivity index (χ0n) is 24.1. The van der Waals surface area contributed by atoms with E-state index in [9.17, 15) is 14.7 Å². The summed E-state index contributed by atoms with van der Waals surface area (Å²) >= 11 is 1.75. The molecular weight excluding hydrogens is 542 g/mol. The lowest BCUT2D eigenvalue weighted by atomic mass is 10.0. The molecule has 4 heterocycles. The van der Waals surface area contributed by atoms with E-state index in [4.69, 9.17) is 14.5 Å². The van der Waals surface area contributed by atoms with Crippen molar-refractivity contribution in [2.24, 2.45) is 13.0 Å². The van der Waals surface area contributed by atoms with Crippen LogP contribution in [-0.4, -0.2) is 74.1 Å². The van der Waals surface area contributed by atoms with Crippen LogP contribution < -0.4 is 10.1 Å². The number of imidazole rings is 1. The second kappa shape index (κ2) is 10.4. The van der Waals surface area contributed by atoms with Gasteiger partial charge < -0.3 is 33.9 Å². The van der Waals surface area contributed by atoms with Crippen LogP contribution >= 0.6 is 11.3 Å². The zero-order chi connectivity index (χ0) is 29.1. The highest BCUT2D eigenvalue weighted by Crippen LogP contribution is 2.39. The summed E-state index contributed by atoms with van der Waals surface area (Å²) in [4.78, 5) is 34.0. The molecule has 6 rings (SSSR count). The van der Waals surface area contributed by atoms with Crippen LogP contribution in [0.2, 0.25) is 0 Å². The van der Waals surface area contributed by atoms with E-state index in [-0.39, 0.29) is 12.5 Å². The first kappa shape index (κ1) is 27.6. The first-order chi connectivity index (χ1) is 19.5. The number of fused-ring (bicyclic) bond motifs is 2. The maximum atomic E-state index is 13.7. The van der Waals surface area contributed by atoms with Crippen LogP contribution in [0.3, 0.4) is 0 Å². The van der Waals surface area contributed by atoms with Crippen LogP contribution in [0.25, 0.3) is 32.8 Å². The lowest BCUT2D eigenvalue weighted by molar-refractivity contribution is 0.0210. The molecule has 1 aromatic carbocycles. The van der Waals surface area contributed by atoms with E-state index >= 15 is 0 Å². The Morgan fingerprint density at radius 3 is 2.68 bits per heavy atom. The van der Waals surface area contributed by atoms with Crippen LogP contribution in [0.1, 0.15) is 50.4 Å². The fraction of sp³-hybridized carbons (Fsp3) is 0.500. The van der Waals surface area contributed by atoms with Crippen LogP contribution in [-0.2, 0) is 18.3 Å².